The van der Waals surface area contributed by atoms with Crippen LogP contribution >= 0.6 is 11.6 Å². The van der Waals surface area contributed by atoms with E-state index in [4.69, 9.17) is 16.6 Å². The predicted octanol–water partition coefficient (Wildman–Crippen LogP) is 4.61. The van der Waals surface area contributed by atoms with E-state index in [1.54, 1.807) is 0 Å². The van der Waals surface area contributed by atoms with Gasteiger partial charge in [0.05, 0.1) is 17.6 Å². The van der Waals surface area contributed by atoms with Crippen molar-refractivity contribution in [1.82, 2.24) is 19.9 Å². The van der Waals surface area contributed by atoms with Gasteiger partial charge in [0.15, 0.2) is 0 Å². The van der Waals surface area contributed by atoms with Crippen molar-refractivity contribution in [3.05, 3.63) is 71.3 Å². The standard InChI is InChI=1S/C22H24ClN5/c1-24-22-18(6-3-9-26-22)15-28-10-4-7-17(14-28)21-13-25-12-20(27-21)16-5-2-8-19(23)11-16/h2-3,5-6,8-9,11-13,17H,4,7,10,14-15H2,1H3,(H,24,26)/t17-/m0/s1. The molecule has 0 bridgehead atoms. The topological polar surface area (TPSA) is 53.9 Å². The van der Waals surface area contributed by atoms with Crippen molar-refractivity contribution in [3.63, 3.8) is 0 Å². The van der Waals surface area contributed by atoms with E-state index in [1.807, 2.05) is 56.0 Å². The molecular formula is C22H24ClN5. The van der Waals surface area contributed by atoms with Crippen molar-refractivity contribution >= 4 is 17.4 Å². The molecule has 144 valence electrons. The van der Waals surface area contributed by atoms with Gasteiger partial charge in [0, 0.05) is 54.6 Å². The number of hydrogen-bond acceptors (Lipinski definition) is 5. The molecule has 0 amide bonds. The van der Waals surface area contributed by atoms with Gasteiger partial charge in [-0.25, -0.2) is 9.97 Å². The number of pyridine rings is 1. The molecule has 1 fully saturated rings. The minimum Gasteiger partial charge on any atom is -0.373 e. The fourth-order valence-electron chi connectivity index (χ4n) is 3.84. The number of benzene rings is 1. The summed E-state index contributed by atoms with van der Waals surface area (Å²) in [5, 5.41) is 3.90. The minimum absolute atomic E-state index is 0.384. The van der Waals surface area contributed by atoms with E-state index in [1.165, 1.54) is 5.56 Å². The summed E-state index contributed by atoms with van der Waals surface area (Å²) >= 11 is 6.14. The molecule has 2 aromatic heterocycles. The predicted molar refractivity (Wildman–Crippen MR) is 114 cm³/mol. The van der Waals surface area contributed by atoms with Crippen molar-refractivity contribution in [1.29, 1.82) is 0 Å². The lowest BCUT2D eigenvalue weighted by molar-refractivity contribution is 0.198. The molecule has 1 atom stereocenters. The van der Waals surface area contributed by atoms with Crippen LogP contribution in [0.2, 0.25) is 5.02 Å². The largest absolute Gasteiger partial charge is 0.373 e. The Hall–Kier alpha value is -2.50. The zero-order chi connectivity index (χ0) is 19.3. The van der Waals surface area contributed by atoms with Gasteiger partial charge in [-0.2, -0.15) is 0 Å². The molecule has 0 spiro atoms. The second kappa shape index (κ2) is 8.67. The van der Waals surface area contributed by atoms with Crippen LogP contribution in [0.3, 0.4) is 0 Å². The Bertz CT molecular complexity index is 945. The number of halogens is 1. The second-order valence-electron chi connectivity index (χ2n) is 7.17. The molecule has 3 aromatic rings. The lowest BCUT2D eigenvalue weighted by atomic mass is 9.94. The highest BCUT2D eigenvalue weighted by Crippen LogP contribution is 2.29. The Morgan fingerprint density at radius 1 is 1.21 bits per heavy atom. The number of hydrogen-bond donors (Lipinski definition) is 1. The van der Waals surface area contributed by atoms with E-state index in [2.05, 4.69) is 26.3 Å². The normalized spacial score (nSPS) is 17.4. The van der Waals surface area contributed by atoms with Crippen LogP contribution in [0.4, 0.5) is 5.82 Å². The lowest BCUT2D eigenvalue weighted by Crippen LogP contribution is -2.34. The average Bonchev–Trinajstić information content (AvgIpc) is 2.74. The molecule has 0 aliphatic carbocycles. The van der Waals surface area contributed by atoms with Gasteiger partial charge < -0.3 is 5.32 Å². The third kappa shape index (κ3) is 4.32. The van der Waals surface area contributed by atoms with Crippen molar-refractivity contribution in [2.45, 2.75) is 25.3 Å². The zero-order valence-corrected chi connectivity index (χ0v) is 16.7. The van der Waals surface area contributed by atoms with Crippen molar-refractivity contribution < 1.29 is 0 Å². The van der Waals surface area contributed by atoms with Crippen molar-refractivity contribution in [2.75, 3.05) is 25.5 Å². The van der Waals surface area contributed by atoms with Crippen LogP contribution in [0.25, 0.3) is 11.3 Å². The number of likely N-dealkylation sites (tertiary alicyclic amines) is 1. The summed E-state index contributed by atoms with van der Waals surface area (Å²) in [5.74, 6) is 1.34. The Kier molecular flexibility index (Phi) is 5.84. The highest BCUT2D eigenvalue weighted by Gasteiger charge is 2.23. The monoisotopic (exact) mass is 393 g/mol. The molecule has 0 saturated carbocycles. The number of piperidine rings is 1. The first-order valence-corrected chi connectivity index (χ1v) is 10.0. The molecule has 28 heavy (non-hydrogen) atoms. The van der Waals surface area contributed by atoms with Gasteiger partial charge in [-0.3, -0.25) is 9.88 Å². The molecule has 0 radical (unpaired) electrons. The van der Waals surface area contributed by atoms with E-state index in [9.17, 15) is 0 Å². The molecule has 1 N–H and O–H groups in total. The highest BCUT2D eigenvalue weighted by molar-refractivity contribution is 6.30. The van der Waals surface area contributed by atoms with Crippen LogP contribution < -0.4 is 5.32 Å². The number of nitrogens with one attached hydrogen (secondary N) is 1. The van der Waals surface area contributed by atoms with Crippen LogP contribution in [0.1, 0.15) is 30.0 Å². The molecule has 0 unspecified atom stereocenters. The van der Waals surface area contributed by atoms with E-state index in [-0.39, 0.29) is 0 Å². The van der Waals surface area contributed by atoms with E-state index < -0.39 is 0 Å². The van der Waals surface area contributed by atoms with Gasteiger partial charge >= 0.3 is 0 Å². The SMILES string of the molecule is CNc1ncccc1CN1CCC[C@H](c2cncc(-c3cccc(Cl)c3)n2)C1. The summed E-state index contributed by atoms with van der Waals surface area (Å²) < 4.78 is 0. The highest BCUT2D eigenvalue weighted by atomic mass is 35.5. The summed E-state index contributed by atoms with van der Waals surface area (Å²) in [6.45, 7) is 2.96. The Morgan fingerprint density at radius 2 is 2.14 bits per heavy atom. The van der Waals surface area contributed by atoms with Gasteiger partial charge in [0.25, 0.3) is 0 Å². The Morgan fingerprint density at radius 3 is 3.00 bits per heavy atom. The molecule has 1 aliphatic heterocycles. The van der Waals surface area contributed by atoms with Gasteiger partial charge in [-0.05, 0) is 37.6 Å². The number of rotatable bonds is 5. The quantitative estimate of drug-likeness (QED) is 0.685. The molecule has 1 saturated heterocycles. The van der Waals surface area contributed by atoms with Crippen molar-refractivity contribution in [2.24, 2.45) is 0 Å². The van der Waals surface area contributed by atoms with Crippen LogP contribution in [-0.4, -0.2) is 40.0 Å². The third-order valence-corrected chi connectivity index (χ3v) is 5.45. The summed E-state index contributed by atoms with van der Waals surface area (Å²) in [7, 11) is 1.92. The summed E-state index contributed by atoms with van der Waals surface area (Å²) in [5.41, 5.74) is 4.16. The molecule has 6 heteroatoms. The minimum atomic E-state index is 0.384. The number of aromatic nitrogens is 3. The van der Waals surface area contributed by atoms with Crippen LogP contribution in [-0.2, 0) is 6.54 Å². The van der Waals surface area contributed by atoms with E-state index in [0.29, 0.717) is 10.9 Å². The van der Waals surface area contributed by atoms with Gasteiger partial charge in [-0.1, -0.05) is 29.8 Å². The van der Waals surface area contributed by atoms with E-state index >= 15 is 0 Å². The zero-order valence-electron chi connectivity index (χ0n) is 16.0. The summed E-state index contributed by atoms with van der Waals surface area (Å²) in [4.78, 5) is 16.3. The summed E-state index contributed by atoms with van der Waals surface area (Å²) in [6, 6.07) is 11.9. The maximum absolute atomic E-state index is 6.14. The molecule has 1 aliphatic rings. The molecular weight excluding hydrogens is 370 g/mol. The van der Waals surface area contributed by atoms with Crippen LogP contribution in [0.5, 0.6) is 0 Å². The number of anilines is 1. The average molecular weight is 394 g/mol. The van der Waals surface area contributed by atoms with Gasteiger partial charge in [0.1, 0.15) is 5.82 Å². The molecule has 5 nitrogen and oxygen atoms in total. The fraction of sp³-hybridized carbons (Fsp3) is 0.318. The molecule has 4 rings (SSSR count). The first-order valence-electron chi connectivity index (χ1n) is 9.65. The maximum Gasteiger partial charge on any atom is 0.130 e. The smallest absolute Gasteiger partial charge is 0.130 e. The summed E-state index contributed by atoms with van der Waals surface area (Å²) in [6.07, 6.45) is 7.83. The van der Waals surface area contributed by atoms with Gasteiger partial charge in [-0.15, -0.1) is 0 Å². The third-order valence-electron chi connectivity index (χ3n) is 5.22. The number of nitrogens with zero attached hydrogens (tertiary/aromatic N) is 4. The maximum atomic E-state index is 6.14. The molecule has 1 aromatic carbocycles. The first-order chi connectivity index (χ1) is 13.7. The Balaban J connectivity index is 1.51. The van der Waals surface area contributed by atoms with Gasteiger partial charge in [0.2, 0.25) is 0 Å². The molecule has 3 heterocycles. The lowest BCUT2D eigenvalue weighted by Gasteiger charge is -2.32. The first kappa shape index (κ1) is 18.8. The van der Waals surface area contributed by atoms with E-state index in [0.717, 1.165) is 55.2 Å². The van der Waals surface area contributed by atoms with Crippen LogP contribution in [0.15, 0.2) is 55.0 Å². The Labute approximate surface area is 170 Å². The second-order valence-corrected chi connectivity index (χ2v) is 7.61. The van der Waals surface area contributed by atoms with Crippen LogP contribution in [0, 0.1) is 0 Å². The van der Waals surface area contributed by atoms with Crippen molar-refractivity contribution in [3.8, 4) is 11.3 Å². The fourth-order valence-corrected chi connectivity index (χ4v) is 4.03.